The summed E-state index contributed by atoms with van der Waals surface area (Å²) in [4.78, 5) is 0.253. The topological polar surface area (TPSA) is 64.0 Å². The molecule has 1 aromatic carbocycles. The van der Waals surface area contributed by atoms with Crippen LogP contribution in [-0.2, 0) is 23.0 Å². The quantitative estimate of drug-likeness (QED) is 0.890. The van der Waals surface area contributed by atoms with Crippen LogP contribution in [0.3, 0.4) is 0 Å². The highest BCUT2D eigenvalue weighted by Gasteiger charge is 2.15. The molecule has 0 fully saturated rings. The molecule has 0 spiro atoms. The predicted octanol–water partition coefficient (Wildman–Crippen LogP) is 2.66. The number of nitrogens with one attached hydrogen (secondary N) is 1. The summed E-state index contributed by atoms with van der Waals surface area (Å²) in [6.07, 6.45) is 3.73. The lowest BCUT2D eigenvalue weighted by Gasteiger charge is -2.06. The van der Waals surface area contributed by atoms with Crippen molar-refractivity contribution in [1.82, 2.24) is 9.78 Å². The molecular formula is C14H19N3O2S. The standard InChI is InChI=1S/C14H19N3O2S/c1-3-5-12-6-8-13(9-7-12)20(18,19)16-14-10-11-17(4-2)15-14/h6-11H,3-5H2,1-2H3,(H,15,16). The summed E-state index contributed by atoms with van der Waals surface area (Å²) in [5, 5.41) is 4.11. The first kappa shape index (κ1) is 14.6. The molecule has 0 amide bonds. The Morgan fingerprint density at radius 3 is 2.40 bits per heavy atom. The van der Waals surface area contributed by atoms with Crippen LogP contribution in [0.1, 0.15) is 25.8 Å². The van der Waals surface area contributed by atoms with Crippen LogP contribution >= 0.6 is 0 Å². The van der Waals surface area contributed by atoms with Gasteiger partial charge in [-0.1, -0.05) is 25.5 Å². The van der Waals surface area contributed by atoms with Gasteiger partial charge in [-0.15, -0.1) is 0 Å². The van der Waals surface area contributed by atoms with Gasteiger partial charge in [0.2, 0.25) is 0 Å². The molecule has 5 nitrogen and oxygen atoms in total. The van der Waals surface area contributed by atoms with Crippen molar-refractivity contribution < 1.29 is 8.42 Å². The van der Waals surface area contributed by atoms with Gasteiger partial charge in [-0.3, -0.25) is 9.40 Å². The molecule has 20 heavy (non-hydrogen) atoms. The van der Waals surface area contributed by atoms with Gasteiger partial charge in [-0.05, 0) is 31.0 Å². The van der Waals surface area contributed by atoms with Crippen molar-refractivity contribution in [3.05, 3.63) is 42.1 Å². The zero-order chi connectivity index (χ0) is 14.6. The van der Waals surface area contributed by atoms with Crippen LogP contribution in [0.4, 0.5) is 5.82 Å². The number of anilines is 1. The van der Waals surface area contributed by atoms with Gasteiger partial charge >= 0.3 is 0 Å². The minimum absolute atomic E-state index is 0.253. The lowest BCUT2D eigenvalue weighted by molar-refractivity contribution is 0.600. The molecule has 0 saturated heterocycles. The smallest absolute Gasteiger partial charge is 0.263 e. The normalized spacial score (nSPS) is 11.5. The molecule has 0 aliphatic heterocycles. The lowest BCUT2D eigenvalue weighted by atomic mass is 10.1. The van der Waals surface area contributed by atoms with E-state index in [1.54, 1.807) is 29.1 Å². The highest BCUT2D eigenvalue weighted by Crippen LogP contribution is 2.15. The maximum Gasteiger partial charge on any atom is 0.263 e. The van der Waals surface area contributed by atoms with Gasteiger partial charge in [0.1, 0.15) is 0 Å². The molecule has 108 valence electrons. The average molecular weight is 293 g/mol. The third-order valence-electron chi connectivity index (χ3n) is 2.98. The molecule has 6 heteroatoms. The fourth-order valence-electron chi connectivity index (χ4n) is 1.91. The molecule has 2 rings (SSSR count). The summed E-state index contributed by atoms with van der Waals surface area (Å²) < 4.78 is 28.6. The van der Waals surface area contributed by atoms with Crippen LogP contribution < -0.4 is 4.72 Å². The summed E-state index contributed by atoms with van der Waals surface area (Å²) in [5.41, 5.74) is 1.14. The second kappa shape index (κ2) is 6.09. The molecular weight excluding hydrogens is 274 g/mol. The number of aromatic nitrogens is 2. The molecule has 1 heterocycles. The van der Waals surface area contributed by atoms with E-state index < -0.39 is 10.0 Å². The van der Waals surface area contributed by atoms with Gasteiger partial charge in [0.05, 0.1) is 4.90 Å². The van der Waals surface area contributed by atoms with Crippen LogP contribution in [0.25, 0.3) is 0 Å². The molecule has 0 saturated carbocycles. The van der Waals surface area contributed by atoms with Gasteiger partial charge in [-0.25, -0.2) is 8.42 Å². The Bertz CT molecular complexity index is 660. The Hall–Kier alpha value is -1.82. The third kappa shape index (κ3) is 3.39. The highest BCUT2D eigenvalue weighted by molar-refractivity contribution is 7.92. The zero-order valence-electron chi connectivity index (χ0n) is 11.7. The van der Waals surface area contributed by atoms with E-state index in [2.05, 4.69) is 16.7 Å². The minimum atomic E-state index is -3.57. The third-order valence-corrected chi connectivity index (χ3v) is 4.35. The summed E-state index contributed by atoms with van der Waals surface area (Å²) in [6, 6.07) is 8.60. The highest BCUT2D eigenvalue weighted by atomic mass is 32.2. The van der Waals surface area contributed by atoms with Gasteiger partial charge in [-0.2, -0.15) is 5.10 Å². The SMILES string of the molecule is CCCc1ccc(S(=O)(=O)Nc2ccn(CC)n2)cc1. The molecule has 0 aliphatic carbocycles. The number of hydrogen-bond donors (Lipinski definition) is 1. The Kier molecular flexibility index (Phi) is 4.44. The second-order valence-electron chi connectivity index (χ2n) is 4.56. The Labute approximate surface area is 119 Å². The molecule has 0 atom stereocenters. The van der Waals surface area contributed by atoms with E-state index in [1.807, 2.05) is 19.1 Å². The van der Waals surface area contributed by atoms with E-state index in [-0.39, 0.29) is 4.90 Å². The van der Waals surface area contributed by atoms with E-state index in [0.29, 0.717) is 12.4 Å². The van der Waals surface area contributed by atoms with Gasteiger partial charge in [0, 0.05) is 18.8 Å². The van der Waals surface area contributed by atoms with Gasteiger partial charge in [0.25, 0.3) is 10.0 Å². The van der Waals surface area contributed by atoms with Crippen molar-refractivity contribution in [2.45, 2.75) is 38.1 Å². The number of benzene rings is 1. The summed E-state index contributed by atoms with van der Waals surface area (Å²) >= 11 is 0. The molecule has 0 unspecified atom stereocenters. The van der Waals surface area contributed by atoms with Crippen LogP contribution in [0.15, 0.2) is 41.4 Å². The molecule has 0 bridgehead atoms. The average Bonchev–Trinajstić information content (AvgIpc) is 2.87. The Morgan fingerprint density at radius 2 is 1.85 bits per heavy atom. The largest absolute Gasteiger partial charge is 0.271 e. The molecule has 2 aromatic rings. The molecule has 1 aromatic heterocycles. The minimum Gasteiger partial charge on any atom is -0.271 e. The number of hydrogen-bond acceptors (Lipinski definition) is 3. The number of nitrogens with zero attached hydrogens (tertiary/aromatic N) is 2. The summed E-state index contributed by atoms with van der Waals surface area (Å²) in [6.45, 7) is 4.74. The van der Waals surface area contributed by atoms with Crippen molar-refractivity contribution in [3.8, 4) is 0 Å². The van der Waals surface area contributed by atoms with Crippen molar-refractivity contribution in [1.29, 1.82) is 0 Å². The molecule has 0 radical (unpaired) electrons. The second-order valence-corrected chi connectivity index (χ2v) is 6.24. The zero-order valence-corrected chi connectivity index (χ0v) is 12.5. The Morgan fingerprint density at radius 1 is 1.15 bits per heavy atom. The predicted molar refractivity (Wildman–Crippen MR) is 79.1 cm³/mol. The van der Waals surface area contributed by atoms with Crippen LogP contribution in [0.5, 0.6) is 0 Å². The van der Waals surface area contributed by atoms with Gasteiger partial charge in [0.15, 0.2) is 5.82 Å². The fourth-order valence-corrected chi connectivity index (χ4v) is 2.91. The van der Waals surface area contributed by atoms with E-state index in [4.69, 9.17) is 0 Å². The first-order chi connectivity index (χ1) is 9.55. The van der Waals surface area contributed by atoms with Gasteiger partial charge < -0.3 is 0 Å². The molecule has 0 aliphatic rings. The van der Waals surface area contributed by atoms with Crippen molar-refractivity contribution in [3.63, 3.8) is 0 Å². The molecule has 1 N–H and O–H groups in total. The van der Waals surface area contributed by atoms with E-state index in [1.165, 1.54) is 0 Å². The number of sulfonamides is 1. The van der Waals surface area contributed by atoms with E-state index in [0.717, 1.165) is 18.4 Å². The number of rotatable bonds is 6. The van der Waals surface area contributed by atoms with Crippen LogP contribution in [0.2, 0.25) is 0 Å². The van der Waals surface area contributed by atoms with Crippen LogP contribution in [-0.4, -0.2) is 18.2 Å². The first-order valence-electron chi connectivity index (χ1n) is 6.70. The summed E-state index contributed by atoms with van der Waals surface area (Å²) in [5.74, 6) is 0.337. The maximum absolute atomic E-state index is 12.2. The maximum atomic E-state index is 12.2. The van der Waals surface area contributed by atoms with Crippen LogP contribution in [0, 0.1) is 0 Å². The van der Waals surface area contributed by atoms with Crippen molar-refractivity contribution >= 4 is 15.8 Å². The monoisotopic (exact) mass is 293 g/mol. The fraction of sp³-hybridized carbons (Fsp3) is 0.357. The summed E-state index contributed by atoms with van der Waals surface area (Å²) in [7, 11) is -3.57. The van der Waals surface area contributed by atoms with E-state index >= 15 is 0 Å². The lowest BCUT2D eigenvalue weighted by Crippen LogP contribution is -2.13. The van der Waals surface area contributed by atoms with Crippen molar-refractivity contribution in [2.75, 3.05) is 4.72 Å². The Balaban J connectivity index is 2.17. The number of aryl methyl sites for hydroxylation is 2. The van der Waals surface area contributed by atoms with Crippen molar-refractivity contribution in [2.24, 2.45) is 0 Å². The first-order valence-corrected chi connectivity index (χ1v) is 8.18. The van der Waals surface area contributed by atoms with E-state index in [9.17, 15) is 8.42 Å².